The van der Waals surface area contributed by atoms with Crippen molar-refractivity contribution in [1.82, 2.24) is 19.9 Å². The van der Waals surface area contributed by atoms with E-state index in [0.29, 0.717) is 0 Å². The molecule has 1 aliphatic heterocycles. The molecule has 0 saturated carbocycles. The van der Waals surface area contributed by atoms with Gasteiger partial charge in [0.25, 0.3) is 0 Å². The molecule has 0 atom stereocenters. The highest BCUT2D eigenvalue weighted by molar-refractivity contribution is 5.85. The molecule has 0 N–H and O–H groups in total. The van der Waals surface area contributed by atoms with Crippen molar-refractivity contribution in [3.63, 3.8) is 0 Å². The lowest BCUT2D eigenvalue weighted by atomic mass is 10.2. The van der Waals surface area contributed by atoms with E-state index >= 15 is 0 Å². The van der Waals surface area contributed by atoms with Gasteiger partial charge >= 0.3 is 0 Å². The summed E-state index contributed by atoms with van der Waals surface area (Å²) in [5, 5.41) is 0. The van der Waals surface area contributed by atoms with Crippen LogP contribution < -0.4 is 4.90 Å². The Hall–Kier alpha value is -1.79. The van der Waals surface area contributed by atoms with Gasteiger partial charge in [-0.1, -0.05) is 6.92 Å². The van der Waals surface area contributed by atoms with Gasteiger partial charge in [-0.25, -0.2) is 15.0 Å². The normalized spacial score (nSPS) is 16.2. The van der Waals surface area contributed by atoms with Crippen LogP contribution >= 0.6 is 0 Å². The minimum Gasteiger partial charge on any atom is -0.380 e. The van der Waals surface area contributed by atoms with Crippen molar-refractivity contribution < 1.29 is 4.74 Å². The van der Waals surface area contributed by atoms with E-state index in [-0.39, 0.29) is 0 Å². The average molecular weight is 315 g/mol. The number of ether oxygens (including phenoxy) is 1. The second-order valence-corrected chi connectivity index (χ2v) is 5.96. The molecule has 2 aromatic heterocycles. The van der Waals surface area contributed by atoms with Crippen LogP contribution in [0, 0.1) is 6.92 Å². The SMILES string of the molecule is CCCOCCN1CCN(c2ncnc3ccc(C)nc23)CC1. The first-order valence-corrected chi connectivity index (χ1v) is 8.41. The monoisotopic (exact) mass is 315 g/mol. The first kappa shape index (κ1) is 16.1. The number of hydrogen-bond acceptors (Lipinski definition) is 6. The topological polar surface area (TPSA) is 54.4 Å². The molecule has 2 aromatic rings. The zero-order chi connectivity index (χ0) is 16.1. The lowest BCUT2D eigenvalue weighted by molar-refractivity contribution is 0.102. The number of hydrogen-bond donors (Lipinski definition) is 0. The fourth-order valence-corrected chi connectivity index (χ4v) is 2.88. The molecule has 3 heterocycles. The van der Waals surface area contributed by atoms with E-state index in [2.05, 4.69) is 31.7 Å². The Morgan fingerprint density at radius 3 is 2.70 bits per heavy atom. The summed E-state index contributed by atoms with van der Waals surface area (Å²) in [6, 6.07) is 4.01. The number of anilines is 1. The van der Waals surface area contributed by atoms with E-state index < -0.39 is 0 Å². The van der Waals surface area contributed by atoms with Gasteiger partial charge in [0.1, 0.15) is 11.8 Å². The van der Waals surface area contributed by atoms with Crippen LogP contribution in [0.5, 0.6) is 0 Å². The molecular formula is C17H25N5O. The molecule has 23 heavy (non-hydrogen) atoms. The van der Waals surface area contributed by atoms with Crippen LogP contribution in [0.2, 0.25) is 0 Å². The molecule has 0 radical (unpaired) electrons. The first-order chi connectivity index (χ1) is 11.3. The van der Waals surface area contributed by atoms with Crippen LogP contribution in [0.25, 0.3) is 11.0 Å². The highest BCUT2D eigenvalue weighted by Crippen LogP contribution is 2.22. The van der Waals surface area contributed by atoms with E-state index in [1.165, 1.54) is 0 Å². The molecular weight excluding hydrogens is 290 g/mol. The second-order valence-electron chi connectivity index (χ2n) is 5.96. The molecule has 1 aliphatic rings. The van der Waals surface area contributed by atoms with Crippen LogP contribution in [0.4, 0.5) is 5.82 Å². The number of piperazine rings is 1. The molecule has 0 spiro atoms. The number of aromatic nitrogens is 3. The molecule has 0 bridgehead atoms. The maximum Gasteiger partial charge on any atom is 0.158 e. The van der Waals surface area contributed by atoms with Gasteiger partial charge in [0.05, 0.1) is 12.1 Å². The van der Waals surface area contributed by atoms with Gasteiger partial charge in [-0.2, -0.15) is 0 Å². The third-order valence-electron chi connectivity index (χ3n) is 4.17. The van der Waals surface area contributed by atoms with Crippen molar-refractivity contribution in [3.8, 4) is 0 Å². The summed E-state index contributed by atoms with van der Waals surface area (Å²) in [7, 11) is 0. The highest BCUT2D eigenvalue weighted by Gasteiger charge is 2.20. The Labute approximate surface area is 137 Å². The van der Waals surface area contributed by atoms with Gasteiger partial charge in [-0.3, -0.25) is 4.90 Å². The summed E-state index contributed by atoms with van der Waals surface area (Å²) in [5.41, 5.74) is 2.82. The van der Waals surface area contributed by atoms with Crippen molar-refractivity contribution in [3.05, 3.63) is 24.2 Å². The zero-order valence-electron chi connectivity index (χ0n) is 14.0. The van der Waals surface area contributed by atoms with Crippen molar-refractivity contribution in [1.29, 1.82) is 0 Å². The van der Waals surface area contributed by atoms with Crippen LogP contribution in [-0.4, -0.2) is 65.8 Å². The van der Waals surface area contributed by atoms with Gasteiger partial charge in [-0.15, -0.1) is 0 Å². The number of nitrogens with zero attached hydrogens (tertiary/aromatic N) is 5. The Balaban J connectivity index is 1.63. The molecule has 1 fully saturated rings. The molecule has 0 amide bonds. The predicted octanol–water partition coefficient (Wildman–Crippen LogP) is 1.88. The molecule has 0 aromatic carbocycles. The lowest BCUT2D eigenvalue weighted by Crippen LogP contribution is -2.47. The molecule has 1 saturated heterocycles. The summed E-state index contributed by atoms with van der Waals surface area (Å²) >= 11 is 0. The summed E-state index contributed by atoms with van der Waals surface area (Å²) in [4.78, 5) is 18.2. The average Bonchev–Trinajstić information content (AvgIpc) is 2.59. The molecule has 6 heteroatoms. The van der Waals surface area contributed by atoms with E-state index in [1.807, 2.05) is 19.1 Å². The molecule has 0 aliphatic carbocycles. The summed E-state index contributed by atoms with van der Waals surface area (Å²) < 4.78 is 5.58. The van der Waals surface area contributed by atoms with Gasteiger partial charge in [0.2, 0.25) is 0 Å². The van der Waals surface area contributed by atoms with E-state index in [9.17, 15) is 0 Å². The van der Waals surface area contributed by atoms with E-state index in [4.69, 9.17) is 4.74 Å². The third kappa shape index (κ3) is 3.95. The summed E-state index contributed by atoms with van der Waals surface area (Å²) in [5.74, 6) is 0.959. The Bertz CT molecular complexity index is 640. The third-order valence-corrected chi connectivity index (χ3v) is 4.17. The van der Waals surface area contributed by atoms with Crippen molar-refractivity contribution >= 4 is 16.9 Å². The van der Waals surface area contributed by atoms with Gasteiger partial charge < -0.3 is 9.64 Å². The first-order valence-electron chi connectivity index (χ1n) is 8.41. The maximum atomic E-state index is 5.58. The van der Waals surface area contributed by atoms with Gasteiger partial charge in [0, 0.05) is 45.0 Å². The van der Waals surface area contributed by atoms with Gasteiger partial charge in [0.15, 0.2) is 5.82 Å². The van der Waals surface area contributed by atoms with E-state index in [0.717, 1.165) is 74.9 Å². The fourth-order valence-electron chi connectivity index (χ4n) is 2.88. The summed E-state index contributed by atoms with van der Waals surface area (Å²) in [6.45, 7) is 10.8. The number of pyridine rings is 1. The van der Waals surface area contributed by atoms with Crippen molar-refractivity contribution in [2.75, 3.05) is 50.8 Å². The highest BCUT2D eigenvalue weighted by atomic mass is 16.5. The van der Waals surface area contributed by atoms with Crippen molar-refractivity contribution in [2.24, 2.45) is 0 Å². The van der Waals surface area contributed by atoms with Crippen LogP contribution in [0.1, 0.15) is 19.0 Å². The zero-order valence-corrected chi connectivity index (χ0v) is 14.0. The Morgan fingerprint density at radius 1 is 1.09 bits per heavy atom. The largest absolute Gasteiger partial charge is 0.380 e. The van der Waals surface area contributed by atoms with Crippen molar-refractivity contribution in [2.45, 2.75) is 20.3 Å². The number of aryl methyl sites for hydroxylation is 1. The van der Waals surface area contributed by atoms with Gasteiger partial charge in [-0.05, 0) is 25.5 Å². The Morgan fingerprint density at radius 2 is 1.91 bits per heavy atom. The molecule has 3 rings (SSSR count). The second kappa shape index (κ2) is 7.66. The van der Waals surface area contributed by atoms with E-state index in [1.54, 1.807) is 6.33 Å². The number of rotatable bonds is 6. The minimum atomic E-state index is 0.824. The smallest absolute Gasteiger partial charge is 0.158 e. The maximum absolute atomic E-state index is 5.58. The molecule has 124 valence electrons. The van der Waals surface area contributed by atoms with Crippen LogP contribution in [0.15, 0.2) is 18.5 Å². The summed E-state index contributed by atoms with van der Waals surface area (Å²) in [6.07, 6.45) is 2.72. The van der Waals surface area contributed by atoms with Crippen LogP contribution in [0.3, 0.4) is 0 Å². The quantitative estimate of drug-likeness (QED) is 0.759. The Kier molecular flexibility index (Phi) is 5.35. The fraction of sp³-hybridized carbons (Fsp3) is 0.588. The molecule has 0 unspecified atom stereocenters. The lowest BCUT2D eigenvalue weighted by Gasteiger charge is -2.35. The number of fused-ring (bicyclic) bond motifs is 1. The van der Waals surface area contributed by atoms with Crippen LogP contribution in [-0.2, 0) is 4.74 Å². The minimum absolute atomic E-state index is 0.824. The predicted molar refractivity (Wildman–Crippen MR) is 91.8 cm³/mol. The molecule has 6 nitrogen and oxygen atoms in total. The standard InChI is InChI=1S/C17H25N5O/c1-3-11-23-12-10-21-6-8-22(9-7-21)17-16-15(18-13-19-17)5-4-14(2)20-16/h4-5,13H,3,6-12H2,1-2H3.